The second-order valence-electron chi connectivity index (χ2n) is 7.58. The molecular formula is C21H27N5O4. The highest BCUT2D eigenvalue weighted by molar-refractivity contribution is 5.97. The Labute approximate surface area is 174 Å². The Morgan fingerprint density at radius 3 is 2.67 bits per heavy atom. The number of amides is 1. The molecule has 160 valence electrons. The molecule has 0 bridgehead atoms. The van der Waals surface area contributed by atoms with Gasteiger partial charge in [0.2, 0.25) is 0 Å². The molecule has 3 rings (SSSR count). The average molecular weight is 413 g/mol. The number of rotatable bonds is 8. The fraction of sp³-hybridized carbons (Fsp3) is 0.429. The molecule has 9 heteroatoms. The zero-order chi connectivity index (χ0) is 21.8. The highest BCUT2D eigenvalue weighted by Gasteiger charge is 2.25. The van der Waals surface area contributed by atoms with E-state index in [1.165, 1.54) is 11.6 Å². The normalized spacial score (nSPS) is 11.2. The van der Waals surface area contributed by atoms with Crippen molar-refractivity contribution in [2.24, 2.45) is 5.92 Å². The Hall–Kier alpha value is -3.36. The topological polar surface area (TPSA) is 102 Å². The smallest absolute Gasteiger partial charge is 0.412 e. The highest BCUT2D eigenvalue weighted by atomic mass is 16.5. The number of benzene rings is 1. The highest BCUT2D eigenvalue weighted by Crippen LogP contribution is 2.36. The van der Waals surface area contributed by atoms with E-state index >= 15 is 0 Å². The molecule has 0 unspecified atom stereocenters. The maximum absolute atomic E-state index is 13.3. The van der Waals surface area contributed by atoms with Gasteiger partial charge in [0.05, 0.1) is 30.1 Å². The van der Waals surface area contributed by atoms with Crippen LogP contribution < -0.4 is 15.2 Å². The minimum atomic E-state index is -1.17. The van der Waals surface area contributed by atoms with Crippen LogP contribution in [0.2, 0.25) is 0 Å². The number of pyridine rings is 1. The van der Waals surface area contributed by atoms with Gasteiger partial charge in [-0.05, 0) is 30.5 Å². The van der Waals surface area contributed by atoms with Crippen molar-refractivity contribution < 1.29 is 14.6 Å². The lowest BCUT2D eigenvalue weighted by molar-refractivity contribution is 0.202. The van der Waals surface area contributed by atoms with Crippen molar-refractivity contribution in [3.8, 4) is 11.4 Å². The van der Waals surface area contributed by atoms with E-state index in [1.807, 2.05) is 20.8 Å². The molecule has 30 heavy (non-hydrogen) atoms. The molecule has 0 aliphatic rings. The molecule has 2 heterocycles. The molecule has 1 amide bonds. The molecule has 1 N–H and O–H groups in total. The summed E-state index contributed by atoms with van der Waals surface area (Å²) < 4.78 is 9.18. The standard InChI is InChI=1S/C21H27N5O4/c1-5-6-11-30-18-17-12-15(26-10-9-22-23-26)7-8-16(17)20(27)25(13-14(2)3)19(18)24(4)21(28)29/h7-10,12,14H,5-6,11,13H2,1-4H3,(H,28,29). The molecule has 0 saturated heterocycles. The lowest BCUT2D eigenvalue weighted by atomic mass is 10.1. The van der Waals surface area contributed by atoms with E-state index in [4.69, 9.17) is 4.74 Å². The van der Waals surface area contributed by atoms with Crippen LogP contribution in [-0.2, 0) is 6.54 Å². The van der Waals surface area contributed by atoms with Crippen LogP contribution >= 0.6 is 0 Å². The van der Waals surface area contributed by atoms with Crippen molar-refractivity contribution in [3.63, 3.8) is 0 Å². The van der Waals surface area contributed by atoms with Crippen LogP contribution in [0, 0.1) is 5.92 Å². The molecule has 0 aliphatic heterocycles. The number of hydrogen-bond acceptors (Lipinski definition) is 5. The quantitative estimate of drug-likeness (QED) is 0.567. The first-order valence-electron chi connectivity index (χ1n) is 10.0. The summed E-state index contributed by atoms with van der Waals surface area (Å²) in [6.45, 7) is 6.80. The third-order valence-corrected chi connectivity index (χ3v) is 4.77. The SMILES string of the molecule is CCCCOc1c(N(C)C(=O)O)n(CC(C)C)c(=O)c2ccc(-n3ccnn3)cc12. The molecule has 0 saturated carbocycles. The van der Waals surface area contributed by atoms with Gasteiger partial charge in [0.15, 0.2) is 11.6 Å². The van der Waals surface area contributed by atoms with E-state index in [0.717, 1.165) is 17.7 Å². The van der Waals surface area contributed by atoms with E-state index < -0.39 is 6.09 Å². The van der Waals surface area contributed by atoms with E-state index in [1.54, 1.807) is 35.3 Å². The summed E-state index contributed by atoms with van der Waals surface area (Å²) in [5, 5.41) is 18.5. The summed E-state index contributed by atoms with van der Waals surface area (Å²) in [5.41, 5.74) is 0.445. The van der Waals surface area contributed by atoms with Gasteiger partial charge in [0.25, 0.3) is 5.56 Å². The van der Waals surface area contributed by atoms with Crippen molar-refractivity contribution in [2.75, 3.05) is 18.6 Å². The summed E-state index contributed by atoms with van der Waals surface area (Å²) in [4.78, 5) is 26.2. The fourth-order valence-corrected chi connectivity index (χ4v) is 3.30. The molecule has 9 nitrogen and oxygen atoms in total. The Morgan fingerprint density at radius 2 is 2.07 bits per heavy atom. The summed E-state index contributed by atoms with van der Waals surface area (Å²) in [6.07, 6.45) is 3.83. The number of carbonyl (C=O) groups is 1. The number of hydrogen-bond donors (Lipinski definition) is 1. The van der Waals surface area contributed by atoms with Gasteiger partial charge in [-0.15, -0.1) is 5.10 Å². The van der Waals surface area contributed by atoms with Crippen molar-refractivity contribution in [3.05, 3.63) is 40.9 Å². The fourth-order valence-electron chi connectivity index (χ4n) is 3.30. The van der Waals surface area contributed by atoms with Crippen LogP contribution in [0.4, 0.5) is 10.6 Å². The number of fused-ring (bicyclic) bond motifs is 1. The van der Waals surface area contributed by atoms with E-state index in [9.17, 15) is 14.7 Å². The van der Waals surface area contributed by atoms with Gasteiger partial charge in [0.1, 0.15) is 0 Å². The number of carboxylic acid groups (broad SMARTS) is 1. The molecule has 0 fully saturated rings. The monoisotopic (exact) mass is 413 g/mol. The Kier molecular flexibility index (Phi) is 6.39. The predicted octanol–water partition coefficient (Wildman–Crippen LogP) is 3.53. The minimum Gasteiger partial charge on any atom is -0.489 e. The number of unbranched alkanes of at least 4 members (excludes halogenated alkanes) is 1. The summed E-state index contributed by atoms with van der Waals surface area (Å²) >= 11 is 0. The first-order chi connectivity index (χ1) is 14.3. The largest absolute Gasteiger partial charge is 0.489 e. The Bertz CT molecular complexity index is 1090. The second kappa shape index (κ2) is 8.98. The number of aromatic nitrogens is 4. The van der Waals surface area contributed by atoms with Gasteiger partial charge in [-0.3, -0.25) is 14.3 Å². The van der Waals surface area contributed by atoms with Crippen molar-refractivity contribution in [2.45, 2.75) is 40.2 Å². The molecule has 0 radical (unpaired) electrons. The third-order valence-electron chi connectivity index (χ3n) is 4.77. The lowest BCUT2D eigenvalue weighted by Gasteiger charge is -2.25. The minimum absolute atomic E-state index is 0.138. The van der Waals surface area contributed by atoms with Crippen molar-refractivity contribution in [1.82, 2.24) is 19.6 Å². The molecule has 3 aromatic rings. The summed E-state index contributed by atoms with van der Waals surface area (Å²) in [7, 11) is 1.42. The zero-order valence-electron chi connectivity index (χ0n) is 17.7. The average Bonchev–Trinajstić information content (AvgIpc) is 3.25. The Balaban J connectivity index is 2.35. The Morgan fingerprint density at radius 1 is 1.30 bits per heavy atom. The second-order valence-corrected chi connectivity index (χ2v) is 7.58. The van der Waals surface area contributed by atoms with E-state index in [0.29, 0.717) is 35.4 Å². The van der Waals surface area contributed by atoms with Crippen LogP contribution in [0.15, 0.2) is 35.4 Å². The van der Waals surface area contributed by atoms with Crippen LogP contribution in [0.3, 0.4) is 0 Å². The van der Waals surface area contributed by atoms with Crippen LogP contribution in [0.1, 0.15) is 33.6 Å². The van der Waals surface area contributed by atoms with Crippen molar-refractivity contribution in [1.29, 1.82) is 0 Å². The van der Waals surface area contributed by atoms with Gasteiger partial charge in [0, 0.05) is 19.0 Å². The van der Waals surface area contributed by atoms with Gasteiger partial charge < -0.3 is 9.84 Å². The molecule has 2 aromatic heterocycles. The molecule has 0 spiro atoms. The molecule has 0 aliphatic carbocycles. The van der Waals surface area contributed by atoms with Crippen LogP contribution in [0.25, 0.3) is 16.5 Å². The predicted molar refractivity (Wildman–Crippen MR) is 115 cm³/mol. The van der Waals surface area contributed by atoms with Gasteiger partial charge in [-0.2, -0.15) is 0 Å². The van der Waals surface area contributed by atoms with Crippen LogP contribution in [0.5, 0.6) is 5.75 Å². The number of nitrogens with zero attached hydrogens (tertiary/aromatic N) is 5. The van der Waals surface area contributed by atoms with Crippen LogP contribution in [-0.4, -0.2) is 44.4 Å². The molecule has 1 aromatic carbocycles. The third kappa shape index (κ3) is 4.14. The van der Waals surface area contributed by atoms with E-state index in [-0.39, 0.29) is 17.3 Å². The first-order valence-corrected chi connectivity index (χ1v) is 10.0. The maximum atomic E-state index is 13.3. The summed E-state index contributed by atoms with van der Waals surface area (Å²) in [6, 6.07) is 5.29. The lowest BCUT2D eigenvalue weighted by Crippen LogP contribution is -2.34. The first kappa shape index (κ1) is 21.4. The molecular weight excluding hydrogens is 386 g/mol. The van der Waals surface area contributed by atoms with Crippen molar-refractivity contribution >= 4 is 22.7 Å². The zero-order valence-corrected chi connectivity index (χ0v) is 17.7. The number of ether oxygens (including phenoxy) is 1. The number of anilines is 1. The molecule has 0 atom stereocenters. The van der Waals surface area contributed by atoms with Gasteiger partial charge >= 0.3 is 6.09 Å². The van der Waals surface area contributed by atoms with E-state index in [2.05, 4.69) is 10.3 Å². The maximum Gasteiger partial charge on any atom is 0.412 e. The van der Waals surface area contributed by atoms with Gasteiger partial charge in [-0.25, -0.2) is 9.48 Å². The summed E-state index contributed by atoms with van der Waals surface area (Å²) in [5.74, 6) is 0.755. The van der Waals surface area contributed by atoms with Gasteiger partial charge in [-0.1, -0.05) is 32.4 Å².